The van der Waals surface area contributed by atoms with E-state index in [9.17, 15) is 4.79 Å². The number of nitrogens with one attached hydrogen (secondary N) is 3. The van der Waals surface area contributed by atoms with Crippen LogP contribution in [0.15, 0.2) is 41.5 Å². The van der Waals surface area contributed by atoms with Gasteiger partial charge < -0.3 is 20.9 Å². The molecule has 0 radical (unpaired) electrons. The third-order valence-corrected chi connectivity index (χ3v) is 6.54. The molecule has 6 heteroatoms. The summed E-state index contributed by atoms with van der Waals surface area (Å²) in [4.78, 5) is 14.8. The maximum absolute atomic E-state index is 12.6. The van der Waals surface area contributed by atoms with E-state index in [2.05, 4.69) is 59.1 Å². The zero-order chi connectivity index (χ0) is 18.8. The van der Waals surface area contributed by atoms with Crippen LogP contribution in [0, 0.1) is 0 Å². The molecular weight excluding hydrogens is 372 g/mol. The van der Waals surface area contributed by atoms with E-state index in [0.717, 1.165) is 53.9 Å². The lowest BCUT2D eigenvalue weighted by Gasteiger charge is -2.37. The fourth-order valence-corrected chi connectivity index (χ4v) is 4.95. The van der Waals surface area contributed by atoms with E-state index < -0.39 is 0 Å². The van der Waals surface area contributed by atoms with Gasteiger partial charge in [-0.2, -0.15) is 0 Å². The summed E-state index contributed by atoms with van der Waals surface area (Å²) >= 11 is 0. The third kappa shape index (κ3) is 2.64. The lowest BCUT2D eigenvalue weighted by atomic mass is 9.82. The Bertz CT molecular complexity index is 948. The van der Waals surface area contributed by atoms with Gasteiger partial charge in [0.2, 0.25) is 0 Å². The average Bonchev–Trinajstić information content (AvgIpc) is 3.17. The average molecular weight is 399 g/mol. The molecule has 5 rings (SSSR count). The topological polar surface area (TPSA) is 56.4 Å². The van der Waals surface area contributed by atoms with Crippen LogP contribution in [0.2, 0.25) is 0 Å². The van der Waals surface area contributed by atoms with E-state index in [-0.39, 0.29) is 30.0 Å². The number of amides is 1. The molecule has 0 aromatic heterocycles. The fraction of sp³-hybridized carbons (Fsp3) is 0.409. The molecule has 0 saturated heterocycles. The summed E-state index contributed by atoms with van der Waals surface area (Å²) in [5.74, 6) is -0.00916. The van der Waals surface area contributed by atoms with Crippen LogP contribution in [-0.2, 0) is 6.42 Å². The second kappa shape index (κ2) is 6.59. The molecule has 3 N–H and O–H groups in total. The Hall–Kier alpha value is -2.40. The number of fused-ring (bicyclic) bond motifs is 4. The minimum absolute atomic E-state index is 0. The second-order valence-electron chi connectivity index (χ2n) is 8.13. The summed E-state index contributed by atoms with van der Waals surface area (Å²) in [7, 11) is 3.78. The lowest BCUT2D eigenvalue weighted by Crippen LogP contribution is -2.39. The summed E-state index contributed by atoms with van der Waals surface area (Å²) in [6.07, 6.45) is 13.3. The van der Waals surface area contributed by atoms with Crippen molar-refractivity contribution in [1.82, 2.24) is 5.32 Å². The maximum Gasteiger partial charge on any atom is 0.251 e. The Morgan fingerprint density at radius 1 is 1.32 bits per heavy atom. The zero-order valence-corrected chi connectivity index (χ0v) is 17.4. The van der Waals surface area contributed by atoms with Gasteiger partial charge in [-0.05, 0) is 55.4 Å². The molecular formula is C22H27ClN4O. The Kier molecular flexibility index (Phi) is 4.46. The number of hydrogen-bond donors (Lipinski definition) is 3. The Morgan fingerprint density at radius 2 is 2.14 bits per heavy atom. The standard InChI is InChI=1S/C22H26N4O.ClH/c1-13-24-20-18(26(13)3)10-17(21(27)23-2)16-8-9-22(25-19(16)20)11-14-6-4-5-7-15(14)12-22;/h4-6,10,12-13,24-25H,7-9,11H2,1-3H3,(H,23,27);1H. The van der Waals surface area contributed by atoms with E-state index in [4.69, 9.17) is 0 Å². The summed E-state index contributed by atoms with van der Waals surface area (Å²) in [6, 6.07) is 2.04. The molecule has 2 aliphatic heterocycles. The van der Waals surface area contributed by atoms with Crippen molar-refractivity contribution in [3.8, 4) is 0 Å². The predicted molar refractivity (Wildman–Crippen MR) is 118 cm³/mol. The van der Waals surface area contributed by atoms with E-state index in [0.29, 0.717) is 0 Å². The van der Waals surface area contributed by atoms with Crippen molar-refractivity contribution in [2.24, 2.45) is 0 Å². The maximum atomic E-state index is 12.6. The monoisotopic (exact) mass is 398 g/mol. The number of allylic oxidation sites excluding steroid dienone is 4. The van der Waals surface area contributed by atoms with Crippen LogP contribution in [0.4, 0.5) is 17.1 Å². The molecule has 2 unspecified atom stereocenters. The third-order valence-electron chi connectivity index (χ3n) is 6.54. The highest BCUT2D eigenvalue weighted by molar-refractivity contribution is 6.03. The minimum Gasteiger partial charge on any atom is -0.374 e. The van der Waals surface area contributed by atoms with Gasteiger partial charge in [-0.3, -0.25) is 4.79 Å². The first-order valence-electron chi connectivity index (χ1n) is 9.79. The molecule has 4 aliphatic rings. The van der Waals surface area contributed by atoms with E-state index in [1.54, 1.807) is 7.05 Å². The molecule has 2 atom stereocenters. The first-order chi connectivity index (χ1) is 13.0. The summed E-state index contributed by atoms with van der Waals surface area (Å²) in [5.41, 5.74) is 8.12. The van der Waals surface area contributed by atoms with Crippen molar-refractivity contribution in [1.29, 1.82) is 0 Å². The Labute approximate surface area is 172 Å². The molecule has 1 amide bonds. The van der Waals surface area contributed by atoms with Gasteiger partial charge in [0.1, 0.15) is 0 Å². The van der Waals surface area contributed by atoms with Gasteiger partial charge in [0.05, 0.1) is 28.8 Å². The Morgan fingerprint density at radius 3 is 2.89 bits per heavy atom. The number of halogens is 1. The summed E-state index contributed by atoms with van der Waals surface area (Å²) < 4.78 is 0. The SMILES string of the molecule is CNC(=O)c1cc2c(c3c1CCC1(C=C4CC=CC=C4C1)N3)NC(C)N2C.Cl. The van der Waals surface area contributed by atoms with Crippen molar-refractivity contribution in [2.45, 2.75) is 44.3 Å². The van der Waals surface area contributed by atoms with Crippen molar-refractivity contribution in [3.63, 3.8) is 0 Å². The Balaban J connectivity index is 0.00000192. The van der Waals surface area contributed by atoms with Gasteiger partial charge in [-0.25, -0.2) is 0 Å². The first kappa shape index (κ1) is 18.9. The van der Waals surface area contributed by atoms with Crippen LogP contribution in [0.5, 0.6) is 0 Å². The van der Waals surface area contributed by atoms with Gasteiger partial charge >= 0.3 is 0 Å². The summed E-state index contributed by atoms with van der Waals surface area (Å²) in [5, 5.41) is 10.3. The fourth-order valence-electron chi connectivity index (χ4n) is 4.95. The van der Waals surface area contributed by atoms with Crippen LogP contribution in [0.1, 0.15) is 42.1 Å². The number of nitrogens with zero attached hydrogens (tertiary/aromatic N) is 1. The van der Waals surface area contributed by atoms with Gasteiger partial charge in [0, 0.05) is 19.7 Å². The van der Waals surface area contributed by atoms with Gasteiger partial charge in [0.15, 0.2) is 0 Å². The van der Waals surface area contributed by atoms with Crippen LogP contribution < -0.4 is 20.9 Å². The highest BCUT2D eigenvalue weighted by Crippen LogP contribution is 2.51. The highest BCUT2D eigenvalue weighted by Gasteiger charge is 2.41. The molecule has 1 spiro atoms. The number of carbonyl (C=O) groups is 1. The molecule has 1 aromatic carbocycles. The largest absolute Gasteiger partial charge is 0.374 e. The molecule has 28 heavy (non-hydrogen) atoms. The first-order valence-corrected chi connectivity index (χ1v) is 9.79. The zero-order valence-electron chi connectivity index (χ0n) is 16.6. The van der Waals surface area contributed by atoms with Gasteiger partial charge in [-0.15, -0.1) is 12.4 Å². The molecule has 0 fully saturated rings. The number of hydrogen-bond acceptors (Lipinski definition) is 4. The lowest BCUT2D eigenvalue weighted by molar-refractivity contribution is 0.0962. The van der Waals surface area contributed by atoms with Crippen molar-refractivity contribution in [3.05, 3.63) is 52.6 Å². The number of rotatable bonds is 1. The number of benzene rings is 1. The van der Waals surface area contributed by atoms with Crippen molar-refractivity contribution in [2.75, 3.05) is 29.6 Å². The molecule has 0 saturated carbocycles. The molecule has 2 heterocycles. The normalized spacial score (nSPS) is 26.2. The predicted octanol–water partition coefficient (Wildman–Crippen LogP) is 3.99. The summed E-state index contributed by atoms with van der Waals surface area (Å²) in [6.45, 7) is 2.15. The highest BCUT2D eigenvalue weighted by atomic mass is 35.5. The quantitative estimate of drug-likeness (QED) is 0.669. The molecule has 2 aliphatic carbocycles. The van der Waals surface area contributed by atoms with Crippen LogP contribution >= 0.6 is 12.4 Å². The number of anilines is 3. The van der Waals surface area contributed by atoms with Gasteiger partial charge in [-0.1, -0.05) is 24.3 Å². The molecule has 5 nitrogen and oxygen atoms in total. The second-order valence-corrected chi connectivity index (χ2v) is 8.13. The van der Waals surface area contributed by atoms with E-state index in [1.807, 2.05) is 6.07 Å². The van der Waals surface area contributed by atoms with E-state index >= 15 is 0 Å². The van der Waals surface area contributed by atoms with Crippen molar-refractivity contribution >= 4 is 35.4 Å². The van der Waals surface area contributed by atoms with Gasteiger partial charge in [0.25, 0.3) is 5.91 Å². The van der Waals surface area contributed by atoms with Crippen molar-refractivity contribution < 1.29 is 4.79 Å². The molecule has 1 aromatic rings. The van der Waals surface area contributed by atoms with E-state index in [1.165, 1.54) is 11.1 Å². The molecule has 0 bridgehead atoms. The number of carbonyl (C=O) groups excluding carboxylic acids is 1. The van der Waals surface area contributed by atoms with Crippen LogP contribution in [0.25, 0.3) is 0 Å². The minimum atomic E-state index is -0.0403. The molecule has 148 valence electrons. The van der Waals surface area contributed by atoms with Crippen LogP contribution in [-0.4, -0.2) is 31.7 Å². The van der Waals surface area contributed by atoms with Crippen LogP contribution in [0.3, 0.4) is 0 Å². The smallest absolute Gasteiger partial charge is 0.251 e.